The van der Waals surface area contributed by atoms with Crippen molar-refractivity contribution >= 4 is 51.0 Å². The van der Waals surface area contributed by atoms with Crippen molar-refractivity contribution in [2.24, 2.45) is 0 Å². The van der Waals surface area contributed by atoms with Crippen LogP contribution in [0.3, 0.4) is 0 Å². The number of hydrogen-bond acceptors (Lipinski definition) is 1. The lowest BCUT2D eigenvalue weighted by molar-refractivity contribution is 0.108. The van der Waals surface area contributed by atoms with E-state index in [9.17, 15) is 9.18 Å². The molecule has 64 valence electrons. The number of rotatable bonds is 1. The van der Waals surface area contributed by atoms with Crippen LogP contribution in [0.4, 0.5) is 4.39 Å². The molecule has 0 bridgehead atoms. The van der Waals surface area contributed by atoms with Crippen LogP contribution in [0.2, 0.25) is 5.02 Å². The van der Waals surface area contributed by atoms with E-state index in [1.807, 2.05) is 0 Å². The molecule has 0 heterocycles. The Morgan fingerprint density at radius 1 is 1.50 bits per heavy atom. The summed E-state index contributed by atoms with van der Waals surface area (Å²) in [5.74, 6) is -0.535. The minimum Gasteiger partial charge on any atom is -0.276 e. The molecule has 0 aliphatic heterocycles. The zero-order valence-electron chi connectivity index (χ0n) is 5.57. The van der Waals surface area contributed by atoms with Crippen molar-refractivity contribution in [2.75, 3.05) is 0 Å². The van der Waals surface area contributed by atoms with E-state index in [2.05, 4.69) is 0 Å². The van der Waals surface area contributed by atoms with Crippen LogP contribution in [0.15, 0.2) is 12.1 Å². The van der Waals surface area contributed by atoms with Gasteiger partial charge >= 0.3 is 0 Å². The molecule has 1 rings (SSSR count). The number of carbonyl (C=O) groups is 1. The summed E-state index contributed by atoms with van der Waals surface area (Å²) in [5.41, 5.74) is 0.0993. The Labute approximate surface area is 92.0 Å². The Bertz CT molecular complexity index is 340. The molecule has 1 aromatic carbocycles. The fourth-order valence-electron chi connectivity index (χ4n) is 0.699. The smallest absolute Gasteiger partial charge is 0.253 e. The molecule has 0 unspecified atom stereocenters. The lowest BCUT2D eigenvalue weighted by Crippen LogP contribution is -1.96. The van der Waals surface area contributed by atoms with Crippen molar-refractivity contribution in [1.29, 1.82) is 0 Å². The normalized spacial score (nSPS) is 10.0. The van der Waals surface area contributed by atoms with Crippen molar-refractivity contribution in [1.82, 2.24) is 0 Å². The second-order valence-corrected chi connectivity index (χ2v) is 3.88. The van der Waals surface area contributed by atoms with Gasteiger partial charge in [-0.1, -0.05) is 11.6 Å². The second kappa shape index (κ2) is 3.89. The van der Waals surface area contributed by atoms with E-state index < -0.39 is 11.1 Å². The van der Waals surface area contributed by atoms with Crippen molar-refractivity contribution in [3.8, 4) is 0 Å². The molecule has 0 radical (unpaired) electrons. The Hall–Kier alpha value is 0.130. The molecule has 1 aromatic rings. The minimum atomic E-state index is -0.708. The Kier molecular flexibility index (Phi) is 3.31. The maximum absolute atomic E-state index is 12.9. The first kappa shape index (κ1) is 10.2. The van der Waals surface area contributed by atoms with Crippen LogP contribution >= 0.6 is 45.8 Å². The van der Waals surface area contributed by atoms with Gasteiger partial charge in [-0.2, -0.15) is 0 Å². The Balaban J connectivity index is 3.37. The average molecular weight is 319 g/mol. The van der Waals surface area contributed by atoms with Crippen LogP contribution in [0.25, 0.3) is 0 Å². The van der Waals surface area contributed by atoms with E-state index in [4.69, 9.17) is 23.2 Å². The second-order valence-electron chi connectivity index (χ2n) is 2.02. The van der Waals surface area contributed by atoms with E-state index in [1.165, 1.54) is 6.07 Å². The molecule has 0 spiro atoms. The van der Waals surface area contributed by atoms with Gasteiger partial charge in [-0.25, -0.2) is 4.39 Å². The van der Waals surface area contributed by atoms with Crippen molar-refractivity contribution in [3.05, 3.63) is 32.1 Å². The van der Waals surface area contributed by atoms with Crippen LogP contribution in [0.1, 0.15) is 10.4 Å². The van der Waals surface area contributed by atoms with Crippen LogP contribution in [-0.4, -0.2) is 5.24 Å². The lowest BCUT2D eigenvalue weighted by Gasteiger charge is -2.00. The first-order valence-corrected chi connectivity index (χ1v) is 4.70. The van der Waals surface area contributed by atoms with Crippen molar-refractivity contribution in [3.63, 3.8) is 0 Å². The molecule has 0 saturated heterocycles. The maximum Gasteiger partial charge on any atom is 0.253 e. The third-order valence-corrected chi connectivity index (χ3v) is 2.72. The molecule has 0 amide bonds. The SMILES string of the molecule is O=C(Cl)c1cc(Cl)cc(F)c1I. The molecule has 1 nitrogen and oxygen atoms in total. The van der Waals surface area contributed by atoms with Crippen LogP contribution < -0.4 is 0 Å². The molecule has 0 saturated carbocycles. The van der Waals surface area contributed by atoms with E-state index in [0.29, 0.717) is 0 Å². The van der Waals surface area contributed by atoms with Gasteiger partial charge in [0.25, 0.3) is 5.24 Å². The molecule has 0 aliphatic carbocycles. The molecule has 0 fully saturated rings. The van der Waals surface area contributed by atoms with Gasteiger partial charge in [0.1, 0.15) is 5.82 Å². The largest absolute Gasteiger partial charge is 0.276 e. The zero-order valence-corrected chi connectivity index (χ0v) is 9.24. The van der Waals surface area contributed by atoms with Crippen LogP contribution in [0.5, 0.6) is 0 Å². The van der Waals surface area contributed by atoms with Gasteiger partial charge in [0.05, 0.1) is 9.13 Å². The molecule has 5 heteroatoms. The van der Waals surface area contributed by atoms with Crippen molar-refractivity contribution < 1.29 is 9.18 Å². The summed E-state index contributed by atoms with van der Waals surface area (Å²) in [4.78, 5) is 10.7. The molecule has 0 N–H and O–H groups in total. The predicted molar refractivity (Wildman–Crippen MR) is 54.3 cm³/mol. The summed E-state index contributed by atoms with van der Waals surface area (Å²) in [6.45, 7) is 0. The van der Waals surface area contributed by atoms with Gasteiger partial charge in [0, 0.05) is 5.02 Å². The van der Waals surface area contributed by atoms with Gasteiger partial charge < -0.3 is 0 Å². The standard InChI is InChI=1S/C7H2Cl2FIO/c8-3-1-4(7(9)12)6(11)5(10)2-3/h1-2H. The first-order chi connectivity index (χ1) is 5.52. The summed E-state index contributed by atoms with van der Waals surface area (Å²) in [6, 6.07) is 2.47. The highest BCUT2D eigenvalue weighted by Gasteiger charge is 2.12. The monoisotopic (exact) mass is 318 g/mol. The van der Waals surface area contributed by atoms with Crippen LogP contribution in [0, 0.1) is 9.39 Å². The number of hydrogen-bond donors (Lipinski definition) is 0. The van der Waals surface area contributed by atoms with Crippen molar-refractivity contribution in [2.45, 2.75) is 0 Å². The van der Waals surface area contributed by atoms with Gasteiger partial charge in [-0.15, -0.1) is 0 Å². The molecule has 12 heavy (non-hydrogen) atoms. The highest BCUT2D eigenvalue weighted by Crippen LogP contribution is 2.22. The van der Waals surface area contributed by atoms with E-state index in [0.717, 1.165) is 6.07 Å². The molecular weight excluding hydrogens is 317 g/mol. The third kappa shape index (κ3) is 2.08. The number of halogens is 4. The van der Waals surface area contributed by atoms with Crippen LogP contribution in [-0.2, 0) is 0 Å². The van der Waals surface area contributed by atoms with E-state index >= 15 is 0 Å². The van der Waals surface area contributed by atoms with Gasteiger partial charge in [-0.05, 0) is 46.3 Å². The Morgan fingerprint density at radius 2 is 2.08 bits per heavy atom. The highest BCUT2D eigenvalue weighted by atomic mass is 127. The summed E-state index contributed by atoms with van der Waals surface area (Å²) in [5, 5.41) is -0.544. The zero-order chi connectivity index (χ0) is 9.30. The number of benzene rings is 1. The third-order valence-electron chi connectivity index (χ3n) is 1.20. The quantitative estimate of drug-likeness (QED) is 0.440. The fraction of sp³-hybridized carbons (Fsp3) is 0. The predicted octanol–water partition coefficient (Wildman–Crippen LogP) is 3.46. The van der Waals surface area contributed by atoms with Gasteiger partial charge in [0.2, 0.25) is 0 Å². The molecular formula is C7H2Cl2FIO. The Morgan fingerprint density at radius 3 is 2.58 bits per heavy atom. The molecule has 0 aromatic heterocycles. The van der Waals surface area contributed by atoms with E-state index in [-0.39, 0.29) is 14.2 Å². The average Bonchev–Trinajstić information content (AvgIpc) is 1.96. The van der Waals surface area contributed by atoms with E-state index in [1.54, 1.807) is 22.6 Å². The maximum atomic E-state index is 12.9. The topological polar surface area (TPSA) is 17.1 Å². The lowest BCUT2D eigenvalue weighted by atomic mass is 10.2. The summed E-state index contributed by atoms with van der Waals surface area (Å²) >= 11 is 12.4. The first-order valence-electron chi connectivity index (χ1n) is 2.86. The summed E-state index contributed by atoms with van der Waals surface area (Å²) in [7, 11) is 0. The molecule has 0 atom stereocenters. The summed E-state index contributed by atoms with van der Waals surface area (Å²) in [6.07, 6.45) is 0. The van der Waals surface area contributed by atoms with Gasteiger partial charge in [0.15, 0.2) is 0 Å². The summed E-state index contributed by atoms with van der Waals surface area (Å²) < 4.78 is 13.1. The van der Waals surface area contributed by atoms with Gasteiger partial charge in [-0.3, -0.25) is 4.79 Å². The fourth-order valence-corrected chi connectivity index (χ4v) is 1.77. The molecule has 0 aliphatic rings. The number of carbonyl (C=O) groups excluding carboxylic acids is 1. The highest BCUT2D eigenvalue weighted by molar-refractivity contribution is 14.1. The minimum absolute atomic E-state index is 0.0993.